The highest BCUT2D eigenvalue weighted by atomic mass is 127. The summed E-state index contributed by atoms with van der Waals surface area (Å²) in [5.41, 5.74) is 1.23. The Morgan fingerprint density at radius 1 is 1.31 bits per heavy atom. The Labute approximate surface area is 181 Å². The zero-order chi connectivity index (χ0) is 18.2. The summed E-state index contributed by atoms with van der Waals surface area (Å²) in [6.45, 7) is 6.97. The molecule has 0 spiro atoms. The van der Waals surface area contributed by atoms with Gasteiger partial charge in [-0.15, -0.1) is 24.0 Å². The number of guanidine groups is 1. The second kappa shape index (κ2) is 11.6. The Balaban J connectivity index is 0.00000338. The normalized spacial score (nSPS) is 17.0. The molecule has 1 heterocycles. The van der Waals surface area contributed by atoms with Gasteiger partial charge in [-0.25, -0.2) is 0 Å². The third-order valence-corrected chi connectivity index (χ3v) is 4.86. The number of anilines is 1. The molecule has 8 heteroatoms. The van der Waals surface area contributed by atoms with Crippen LogP contribution in [0.4, 0.5) is 5.69 Å². The molecule has 1 aliphatic heterocycles. The molecule has 3 N–H and O–H groups in total. The van der Waals surface area contributed by atoms with Crippen LogP contribution in [0.3, 0.4) is 0 Å². The Morgan fingerprint density at radius 2 is 2.00 bits per heavy atom. The van der Waals surface area contributed by atoms with Crippen molar-refractivity contribution in [3.8, 4) is 0 Å². The topological polar surface area (TPSA) is 68.8 Å². The van der Waals surface area contributed by atoms with Gasteiger partial charge in [0.1, 0.15) is 0 Å². The molecule has 0 saturated carbocycles. The first kappa shape index (κ1) is 23.0. The van der Waals surface area contributed by atoms with E-state index in [2.05, 4.69) is 60.0 Å². The number of para-hydroxylation sites is 1. The number of amides is 1. The zero-order valence-electron chi connectivity index (χ0n) is 15.6. The number of nitrogens with one attached hydrogen (secondary N) is 3. The molecule has 1 fully saturated rings. The van der Waals surface area contributed by atoms with E-state index in [9.17, 15) is 4.79 Å². The van der Waals surface area contributed by atoms with Crippen molar-refractivity contribution in [1.82, 2.24) is 16.0 Å². The molecule has 0 aliphatic carbocycles. The van der Waals surface area contributed by atoms with Gasteiger partial charge in [0.05, 0.1) is 5.69 Å². The van der Waals surface area contributed by atoms with Gasteiger partial charge in [0.2, 0.25) is 5.91 Å². The summed E-state index contributed by atoms with van der Waals surface area (Å²) in [5, 5.41) is 9.61. The lowest BCUT2D eigenvalue weighted by Gasteiger charge is -2.21. The van der Waals surface area contributed by atoms with Crippen molar-refractivity contribution in [2.24, 2.45) is 10.9 Å². The van der Waals surface area contributed by atoms with Crippen LogP contribution in [0.25, 0.3) is 0 Å². The van der Waals surface area contributed by atoms with Crippen LogP contribution >= 0.6 is 39.9 Å². The van der Waals surface area contributed by atoms with Crippen LogP contribution in [0, 0.1) is 5.92 Å². The molecular formula is C18H29BrIN5O. The monoisotopic (exact) mass is 537 g/mol. The molecule has 1 aromatic carbocycles. The average Bonchev–Trinajstić information content (AvgIpc) is 3.05. The van der Waals surface area contributed by atoms with Gasteiger partial charge in [-0.3, -0.25) is 9.79 Å². The first-order chi connectivity index (χ1) is 12.0. The molecule has 1 amide bonds. The van der Waals surface area contributed by atoms with E-state index in [0.717, 1.165) is 29.9 Å². The van der Waals surface area contributed by atoms with Crippen LogP contribution in [0.2, 0.25) is 0 Å². The van der Waals surface area contributed by atoms with E-state index in [0.29, 0.717) is 19.1 Å². The number of hydrogen-bond donors (Lipinski definition) is 3. The lowest BCUT2D eigenvalue weighted by Crippen LogP contribution is -2.46. The van der Waals surface area contributed by atoms with Gasteiger partial charge < -0.3 is 20.9 Å². The van der Waals surface area contributed by atoms with E-state index in [1.165, 1.54) is 5.69 Å². The van der Waals surface area contributed by atoms with Crippen LogP contribution in [0.5, 0.6) is 0 Å². The lowest BCUT2D eigenvalue weighted by atomic mass is 10.2. The third kappa shape index (κ3) is 6.94. The Hall–Kier alpha value is -1.03. The maximum Gasteiger partial charge on any atom is 0.222 e. The maximum absolute atomic E-state index is 11.5. The summed E-state index contributed by atoms with van der Waals surface area (Å²) in [7, 11) is 1.77. The van der Waals surface area contributed by atoms with Crippen LogP contribution in [0.1, 0.15) is 20.3 Å². The molecule has 6 nitrogen and oxygen atoms in total. The molecule has 0 radical (unpaired) electrons. The number of rotatable bonds is 6. The minimum absolute atomic E-state index is 0. The van der Waals surface area contributed by atoms with Crippen LogP contribution in [-0.2, 0) is 4.79 Å². The number of nitrogens with zero attached hydrogens (tertiary/aromatic N) is 2. The highest BCUT2D eigenvalue weighted by Gasteiger charge is 2.24. The highest BCUT2D eigenvalue weighted by Crippen LogP contribution is 2.28. The van der Waals surface area contributed by atoms with Gasteiger partial charge in [-0.05, 0) is 34.5 Å². The minimum Gasteiger partial charge on any atom is -0.368 e. The number of hydrogen-bond acceptors (Lipinski definition) is 3. The predicted molar refractivity (Wildman–Crippen MR) is 123 cm³/mol. The Bertz CT molecular complexity index is 611. The molecule has 1 aliphatic rings. The molecule has 26 heavy (non-hydrogen) atoms. The summed E-state index contributed by atoms with van der Waals surface area (Å²) in [4.78, 5) is 18.2. The van der Waals surface area contributed by atoms with E-state index < -0.39 is 0 Å². The van der Waals surface area contributed by atoms with Gasteiger partial charge in [0, 0.05) is 49.7 Å². The number of halogens is 2. The molecule has 1 aromatic rings. The van der Waals surface area contributed by atoms with Gasteiger partial charge in [-0.2, -0.15) is 0 Å². The minimum atomic E-state index is 0. The summed E-state index contributed by atoms with van der Waals surface area (Å²) < 4.78 is 1.12. The van der Waals surface area contributed by atoms with E-state index in [1.54, 1.807) is 7.05 Å². The van der Waals surface area contributed by atoms with Gasteiger partial charge in [0.15, 0.2) is 5.96 Å². The van der Waals surface area contributed by atoms with Crippen molar-refractivity contribution in [2.45, 2.75) is 26.3 Å². The molecule has 0 aromatic heterocycles. The van der Waals surface area contributed by atoms with Crippen molar-refractivity contribution in [2.75, 3.05) is 38.1 Å². The fourth-order valence-corrected chi connectivity index (χ4v) is 3.30. The average molecular weight is 538 g/mol. The van der Waals surface area contributed by atoms with Crippen molar-refractivity contribution < 1.29 is 4.79 Å². The smallest absolute Gasteiger partial charge is 0.222 e. The number of carbonyl (C=O) groups excluding carboxylic acids is 1. The molecule has 0 bridgehead atoms. The highest BCUT2D eigenvalue weighted by molar-refractivity contribution is 14.0. The SMILES string of the molecule is CN=C(NCCNC(=O)C(C)C)NC1CCN(c2ccccc2Br)C1.I. The first-order valence-electron chi connectivity index (χ1n) is 8.75. The van der Waals surface area contributed by atoms with E-state index in [-0.39, 0.29) is 35.8 Å². The lowest BCUT2D eigenvalue weighted by molar-refractivity contribution is -0.123. The van der Waals surface area contributed by atoms with Crippen molar-refractivity contribution in [3.63, 3.8) is 0 Å². The van der Waals surface area contributed by atoms with Gasteiger partial charge >= 0.3 is 0 Å². The molecule has 1 saturated heterocycles. The zero-order valence-corrected chi connectivity index (χ0v) is 19.5. The number of aliphatic imine (C=N–C) groups is 1. The number of carbonyl (C=O) groups is 1. The Kier molecular flexibility index (Phi) is 10.3. The summed E-state index contributed by atoms with van der Waals surface area (Å²) in [6, 6.07) is 8.65. The molecule has 146 valence electrons. The quantitative estimate of drug-likeness (QED) is 0.226. The predicted octanol–water partition coefficient (Wildman–Crippen LogP) is 2.58. The standard InChI is InChI=1S/C18H28BrN5O.HI/c1-13(2)17(25)21-9-10-22-18(20-3)23-14-8-11-24(12-14)16-7-5-4-6-15(16)19;/h4-7,13-14H,8-12H2,1-3H3,(H,21,25)(H2,20,22,23);1H. The summed E-state index contributed by atoms with van der Waals surface area (Å²) in [5.74, 6) is 0.863. The van der Waals surface area contributed by atoms with E-state index in [4.69, 9.17) is 0 Å². The Morgan fingerprint density at radius 3 is 2.65 bits per heavy atom. The molecule has 2 rings (SSSR count). The fourth-order valence-electron chi connectivity index (χ4n) is 2.76. The van der Waals surface area contributed by atoms with E-state index in [1.807, 2.05) is 19.9 Å². The molecular weight excluding hydrogens is 509 g/mol. The third-order valence-electron chi connectivity index (χ3n) is 4.19. The van der Waals surface area contributed by atoms with Crippen LogP contribution in [0.15, 0.2) is 33.7 Å². The second-order valence-corrected chi connectivity index (χ2v) is 7.33. The largest absolute Gasteiger partial charge is 0.368 e. The number of benzene rings is 1. The van der Waals surface area contributed by atoms with Gasteiger partial charge in [0.25, 0.3) is 0 Å². The first-order valence-corrected chi connectivity index (χ1v) is 9.55. The van der Waals surface area contributed by atoms with Gasteiger partial charge in [-0.1, -0.05) is 26.0 Å². The fraction of sp³-hybridized carbons (Fsp3) is 0.556. The van der Waals surface area contributed by atoms with Crippen LogP contribution in [-0.4, -0.2) is 51.1 Å². The van der Waals surface area contributed by atoms with Crippen molar-refractivity contribution >= 4 is 57.5 Å². The second-order valence-electron chi connectivity index (χ2n) is 6.47. The molecule has 1 atom stereocenters. The van der Waals surface area contributed by atoms with Crippen LogP contribution < -0.4 is 20.9 Å². The summed E-state index contributed by atoms with van der Waals surface area (Å²) in [6.07, 6.45) is 1.06. The van der Waals surface area contributed by atoms with Crippen molar-refractivity contribution in [1.29, 1.82) is 0 Å². The summed E-state index contributed by atoms with van der Waals surface area (Å²) >= 11 is 3.62. The molecule has 1 unspecified atom stereocenters. The van der Waals surface area contributed by atoms with E-state index >= 15 is 0 Å². The van der Waals surface area contributed by atoms with Crippen molar-refractivity contribution in [3.05, 3.63) is 28.7 Å². The maximum atomic E-state index is 11.5.